The quantitative estimate of drug-likeness (QED) is 0.790. The van der Waals surface area contributed by atoms with Gasteiger partial charge in [-0.3, -0.25) is 4.79 Å². The molecule has 2 heterocycles. The molecular weight excluding hydrogens is 354 g/mol. The minimum Gasteiger partial charge on any atom is -0.497 e. The van der Waals surface area contributed by atoms with Gasteiger partial charge in [0, 0.05) is 37.8 Å². The van der Waals surface area contributed by atoms with Gasteiger partial charge in [-0.25, -0.2) is 0 Å². The predicted octanol–water partition coefficient (Wildman–Crippen LogP) is 2.19. The van der Waals surface area contributed by atoms with Crippen molar-refractivity contribution in [1.82, 2.24) is 20.4 Å². The molecule has 1 aromatic carbocycles. The van der Waals surface area contributed by atoms with Crippen LogP contribution in [0, 0.1) is 0 Å². The van der Waals surface area contributed by atoms with Crippen molar-refractivity contribution >= 4 is 11.7 Å². The van der Waals surface area contributed by atoms with Crippen LogP contribution >= 0.6 is 0 Å². The molecule has 1 unspecified atom stereocenters. The average molecular weight is 383 g/mol. The third-order valence-electron chi connectivity index (χ3n) is 5.19. The first-order valence-electron chi connectivity index (χ1n) is 9.85. The molecule has 0 saturated carbocycles. The Hall–Kier alpha value is -2.67. The number of hydrogen-bond donors (Lipinski definition) is 1. The van der Waals surface area contributed by atoms with Crippen LogP contribution in [0.2, 0.25) is 0 Å². The zero-order valence-corrected chi connectivity index (χ0v) is 16.9. The summed E-state index contributed by atoms with van der Waals surface area (Å²) < 4.78 is 5.27. The fourth-order valence-corrected chi connectivity index (χ4v) is 3.13. The van der Waals surface area contributed by atoms with Crippen molar-refractivity contribution in [3.63, 3.8) is 0 Å². The lowest BCUT2D eigenvalue weighted by atomic mass is 10.1. The lowest BCUT2D eigenvalue weighted by Crippen LogP contribution is -2.51. The highest BCUT2D eigenvalue weighted by atomic mass is 16.5. The number of benzene rings is 1. The summed E-state index contributed by atoms with van der Waals surface area (Å²) in [5, 5.41) is 12.0. The summed E-state index contributed by atoms with van der Waals surface area (Å²) in [4.78, 5) is 16.4. The number of anilines is 1. The number of rotatable bonds is 7. The summed E-state index contributed by atoms with van der Waals surface area (Å²) in [7, 11) is 1.65. The number of piperazine rings is 1. The molecule has 1 aliphatic heterocycles. The Labute approximate surface area is 166 Å². The SMILES string of the molecule is CCC(C)NCC(=O)N1CCN(c2ccc(-c3cccc(OC)c3)nn2)CC1. The molecule has 3 rings (SSSR count). The van der Waals surface area contributed by atoms with Crippen molar-refractivity contribution in [3.05, 3.63) is 36.4 Å². The monoisotopic (exact) mass is 383 g/mol. The van der Waals surface area contributed by atoms with Gasteiger partial charge in [-0.05, 0) is 37.6 Å². The number of methoxy groups -OCH3 is 1. The largest absolute Gasteiger partial charge is 0.497 e. The molecule has 2 aromatic rings. The number of nitrogens with zero attached hydrogens (tertiary/aromatic N) is 4. The number of amides is 1. The van der Waals surface area contributed by atoms with E-state index in [0.717, 1.165) is 42.3 Å². The van der Waals surface area contributed by atoms with Crippen LogP contribution < -0.4 is 15.0 Å². The van der Waals surface area contributed by atoms with Gasteiger partial charge in [0.05, 0.1) is 19.3 Å². The summed E-state index contributed by atoms with van der Waals surface area (Å²) in [5.74, 6) is 1.81. The van der Waals surface area contributed by atoms with Crippen LogP contribution in [0.5, 0.6) is 5.75 Å². The van der Waals surface area contributed by atoms with Crippen LogP contribution in [0.3, 0.4) is 0 Å². The van der Waals surface area contributed by atoms with Gasteiger partial charge in [0.2, 0.25) is 5.91 Å². The molecule has 0 spiro atoms. The highest BCUT2D eigenvalue weighted by Crippen LogP contribution is 2.23. The summed E-state index contributed by atoms with van der Waals surface area (Å²) in [5.41, 5.74) is 1.79. The third-order valence-corrected chi connectivity index (χ3v) is 5.19. The van der Waals surface area contributed by atoms with Gasteiger partial charge in [-0.15, -0.1) is 10.2 Å². The second-order valence-corrected chi connectivity index (χ2v) is 7.07. The van der Waals surface area contributed by atoms with Crippen molar-refractivity contribution in [2.75, 3.05) is 44.7 Å². The van der Waals surface area contributed by atoms with E-state index < -0.39 is 0 Å². The van der Waals surface area contributed by atoms with E-state index in [0.29, 0.717) is 25.7 Å². The molecular formula is C21H29N5O2. The molecule has 1 N–H and O–H groups in total. The van der Waals surface area contributed by atoms with Gasteiger partial charge in [-0.2, -0.15) is 0 Å². The van der Waals surface area contributed by atoms with Gasteiger partial charge >= 0.3 is 0 Å². The Balaban J connectivity index is 1.55. The van der Waals surface area contributed by atoms with E-state index >= 15 is 0 Å². The molecule has 0 bridgehead atoms. The van der Waals surface area contributed by atoms with Gasteiger partial charge in [0.15, 0.2) is 5.82 Å². The molecule has 0 radical (unpaired) electrons. The number of ether oxygens (including phenoxy) is 1. The van der Waals surface area contributed by atoms with Crippen LogP contribution in [0.25, 0.3) is 11.3 Å². The van der Waals surface area contributed by atoms with Crippen LogP contribution in [0.4, 0.5) is 5.82 Å². The first-order chi connectivity index (χ1) is 13.6. The maximum atomic E-state index is 12.3. The average Bonchev–Trinajstić information content (AvgIpc) is 2.77. The molecule has 1 fully saturated rings. The van der Waals surface area contributed by atoms with E-state index in [1.54, 1.807) is 7.11 Å². The van der Waals surface area contributed by atoms with E-state index in [2.05, 4.69) is 34.3 Å². The molecule has 0 aliphatic carbocycles. The molecule has 1 aromatic heterocycles. The number of aromatic nitrogens is 2. The van der Waals surface area contributed by atoms with Crippen LogP contribution in [0.15, 0.2) is 36.4 Å². The minimum absolute atomic E-state index is 0.166. The number of hydrogen-bond acceptors (Lipinski definition) is 6. The number of nitrogens with one attached hydrogen (secondary N) is 1. The highest BCUT2D eigenvalue weighted by molar-refractivity contribution is 5.78. The molecule has 1 saturated heterocycles. The van der Waals surface area contributed by atoms with Gasteiger partial charge in [0.25, 0.3) is 0 Å². The Morgan fingerprint density at radius 3 is 2.61 bits per heavy atom. The second kappa shape index (κ2) is 9.50. The third kappa shape index (κ3) is 4.98. The van der Waals surface area contributed by atoms with E-state index in [1.165, 1.54) is 0 Å². The number of carbonyl (C=O) groups is 1. The van der Waals surface area contributed by atoms with Crippen LogP contribution in [0.1, 0.15) is 20.3 Å². The maximum Gasteiger partial charge on any atom is 0.236 e. The normalized spacial score (nSPS) is 15.4. The highest BCUT2D eigenvalue weighted by Gasteiger charge is 2.22. The summed E-state index contributed by atoms with van der Waals surface area (Å²) >= 11 is 0. The van der Waals surface area contributed by atoms with Crippen molar-refractivity contribution in [1.29, 1.82) is 0 Å². The first kappa shape index (κ1) is 20.1. The standard InChI is InChI=1S/C21H29N5O2/c1-4-16(2)22-15-21(27)26-12-10-25(11-13-26)20-9-8-19(23-24-20)17-6-5-7-18(14-17)28-3/h5-9,14,16,22H,4,10-13,15H2,1-3H3. The Kier molecular flexibility index (Phi) is 6.81. The molecule has 7 heteroatoms. The van der Waals surface area contributed by atoms with Gasteiger partial charge in [-0.1, -0.05) is 19.1 Å². The smallest absolute Gasteiger partial charge is 0.236 e. The van der Waals surface area contributed by atoms with E-state index in [4.69, 9.17) is 4.74 Å². The molecule has 1 aliphatic rings. The van der Waals surface area contributed by atoms with Crippen molar-refractivity contribution < 1.29 is 9.53 Å². The lowest BCUT2D eigenvalue weighted by molar-refractivity contribution is -0.130. The summed E-state index contributed by atoms with van der Waals surface area (Å²) in [6.45, 7) is 7.57. The number of carbonyl (C=O) groups excluding carboxylic acids is 1. The molecule has 28 heavy (non-hydrogen) atoms. The Bertz CT molecular complexity index is 773. The van der Waals surface area contributed by atoms with Crippen LogP contribution in [-0.2, 0) is 4.79 Å². The summed E-state index contributed by atoms with van der Waals surface area (Å²) in [6.07, 6.45) is 1.02. The lowest BCUT2D eigenvalue weighted by Gasteiger charge is -2.35. The minimum atomic E-state index is 0.166. The van der Waals surface area contributed by atoms with Gasteiger partial charge in [0.1, 0.15) is 5.75 Å². The fraction of sp³-hybridized carbons (Fsp3) is 0.476. The van der Waals surface area contributed by atoms with Crippen LogP contribution in [-0.4, -0.2) is 66.9 Å². The first-order valence-corrected chi connectivity index (χ1v) is 9.85. The molecule has 1 amide bonds. The predicted molar refractivity (Wildman–Crippen MR) is 111 cm³/mol. The zero-order valence-electron chi connectivity index (χ0n) is 16.9. The van der Waals surface area contributed by atoms with E-state index in [-0.39, 0.29) is 5.91 Å². The van der Waals surface area contributed by atoms with Crippen molar-refractivity contribution in [3.8, 4) is 17.0 Å². The molecule has 1 atom stereocenters. The van der Waals surface area contributed by atoms with E-state index in [1.807, 2.05) is 41.3 Å². The second-order valence-electron chi connectivity index (χ2n) is 7.07. The molecule has 150 valence electrons. The van der Waals surface area contributed by atoms with Crippen molar-refractivity contribution in [2.45, 2.75) is 26.3 Å². The molecule has 7 nitrogen and oxygen atoms in total. The van der Waals surface area contributed by atoms with Crippen molar-refractivity contribution in [2.24, 2.45) is 0 Å². The zero-order chi connectivity index (χ0) is 19.9. The Morgan fingerprint density at radius 1 is 1.18 bits per heavy atom. The maximum absolute atomic E-state index is 12.3. The Morgan fingerprint density at radius 2 is 1.96 bits per heavy atom. The fourth-order valence-electron chi connectivity index (χ4n) is 3.13. The summed E-state index contributed by atoms with van der Waals surface area (Å²) in [6, 6.07) is 12.1. The van der Waals surface area contributed by atoms with Gasteiger partial charge < -0.3 is 19.9 Å². The topological polar surface area (TPSA) is 70.6 Å². The van der Waals surface area contributed by atoms with E-state index in [9.17, 15) is 4.79 Å².